The van der Waals surface area contributed by atoms with Crippen molar-refractivity contribution in [3.8, 4) is 5.88 Å². The van der Waals surface area contributed by atoms with Gasteiger partial charge in [0.2, 0.25) is 5.88 Å². The minimum absolute atomic E-state index is 0.778. The van der Waals surface area contributed by atoms with Crippen LogP contribution in [0.2, 0.25) is 0 Å². The molecule has 0 aromatic carbocycles. The van der Waals surface area contributed by atoms with E-state index < -0.39 is 27.6 Å². The first kappa shape index (κ1) is 10.8. The van der Waals surface area contributed by atoms with Gasteiger partial charge in [-0.05, 0) is 12.1 Å². The highest BCUT2D eigenvalue weighted by Gasteiger charge is 2.21. The van der Waals surface area contributed by atoms with Gasteiger partial charge in [-0.3, -0.25) is 0 Å². The van der Waals surface area contributed by atoms with Crippen LogP contribution in [0, 0.1) is 0 Å². The Morgan fingerprint density at radius 2 is 2.07 bits per heavy atom. The number of rotatable bonds is 3. The standard InChI is InChI=1S/C6H4F3NO3S/c7-6(8)13-5-4(14(9,11)12)2-1-3-10-5/h1-3,6H. The van der Waals surface area contributed by atoms with Gasteiger partial charge in [-0.25, -0.2) is 4.98 Å². The van der Waals surface area contributed by atoms with Gasteiger partial charge >= 0.3 is 16.8 Å². The molecule has 1 rings (SSSR count). The first-order valence-corrected chi connectivity index (χ1v) is 4.64. The average Bonchev–Trinajstić information content (AvgIpc) is 2.01. The van der Waals surface area contributed by atoms with Crippen LogP contribution in [-0.4, -0.2) is 20.0 Å². The maximum absolute atomic E-state index is 12.4. The fourth-order valence-electron chi connectivity index (χ4n) is 0.735. The van der Waals surface area contributed by atoms with Crippen molar-refractivity contribution >= 4 is 10.2 Å². The van der Waals surface area contributed by atoms with Gasteiger partial charge in [0.25, 0.3) is 0 Å². The molecule has 0 aliphatic heterocycles. The number of hydrogen-bond acceptors (Lipinski definition) is 4. The highest BCUT2D eigenvalue weighted by molar-refractivity contribution is 7.86. The third-order valence-electron chi connectivity index (χ3n) is 1.20. The second-order valence-electron chi connectivity index (χ2n) is 2.12. The molecule has 78 valence electrons. The number of ether oxygens (including phenoxy) is 1. The Kier molecular flexibility index (Phi) is 2.94. The van der Waals surface area contributed by atoms with Gasteiger partial charge in [-0.1, -0.05) is 0 Å². The van der Waals surface area contributed by atoms with Crippen molar-refractivity contribution in [2.75, 3.05) is 0 Å². The van der Waals surface area contributed by atoms with Gasteiger partial charge in [0.1, 0.15) is 0 Å². The van der Waals surface area contributed by atoms with E-state index in [1.165, 1.54) is 0 Å². The zero-order valence-electron chi connectivity index (χ0n) is 6.52. The summed E-state index contributed by atoms with van der Waals surface area (Å²) in [6.07, 6.45) is 1.01. The van der Waals surface area contributed by atoms with Crippen LogP contribution >= 0.6 is 0 Å². The molecule has 1 aromatic heterocycles. The Hall–Kier alpha value is -1.31. The van der Waals surface area contributed by atoms with E-state index in [0.717, 1.165) is 18.3 Å². The van der Waals surface area contributed by atoms with Crippen molar-refractivity contribution in [1.82, 2.24) is 4.98 Å². The normalized spacial score (nSPS) is 11.7. The predicted molar refractivity (Wildman–Crippen MR) is 39.2 cm³/mol. The Morgan fingerprint density at radius 1 is 1.43 bits per heavy atom. The van der Waals surface area contributed by atoms with E-state index in [4.69, 9.17) is 0 Å². The summed E-state index contributed by atoms with van der Waals surface area (Å²) in [6, 6.07) is 1.87. The monoisotopic (exact) mass is 227 g/mol. The van der Waals surface area contributed by atoms with Crippen molar-refractivity contribution in [2.24, 2.45) is 0 Å². The molecule has 0 amide bonds. The fraction of sp³-hybridized carbons (Fsp3) is 0.167. The number of pyridine rings is 1. The molecular formula is C6H4F3NO3S. The molecule has 0 atom stereocenters. The maximum atomic E-state index is 12.4. The fourth-order valence-corrected chi connectivity index (χ4v) is 1.29. The molecule has 0 aliphatic rings. The Labute approximate surface area is 77.5 Å². The first-order valence-electron chi connectivity index (χ1n) is 3.26. The van der Waals surface area contributed by atoms with E-state index in [2.05, 4.69) is 9.72 Å². The SMILES string of the molecule is O=S(=O)(F)c1cccnc1OC(F)F. The average molecular weight is 227 g/mol. The van der Waals surface area contributed by atoms with Gasteiger partial charge in [0.05, 0.1) is 0 Å². The number of alkyl halides is 2. The lowest BCUT2D eigenvalue weighted by Gasteiger charge is -2.05. The molecular weight excluding hydrogens is 223 g/mol. The molecule has 0 unspecified atom stereocenters. The summed E-state index contributed by atoms with van der Waals surface area (Å²) >= 11 is 0. The van der Waals surface area contributed by atoms with E-state index >= 15 is 0 Å². The lowest BCUT2D eigenvalue weighted by molar-refractivity contribution is -0.0549. The van der Waals surface area contributed by atoms with Crippen molar-refractivity contribution < 1.29 is 25.8 Å². The molecule has 0 saturated carbocycles. The molecule has 0 saturated heterocycles. The van der Waals surface area contributed by atoms with E-state index in [9.17, 15) is 21.1 Å². The summed E-state index contributed by atoms with van der Waals surface area (Å²) in [6.45, 7) is -3.26. The van der Waals surface area contributed by atoms with Crippen LogP contribution in [0.3, 0.4) is 0 Å². The second kappa shape index (κ2) is 3.82. The topological polar surface area (TPSA) is 56.3 Å². The van der Waals surface area contributed by atoms with Gasteiger partial charge in [-0.2, -0.15) is 17.2 Å². The Morgan fingerprint density at radius 3 is 2.57 bits per heavy atom. The molecule has 0 N–H and O–H groups in total. The molecule has 0 spiro atoms. The van der Waals surface area contributed by atoms with Gasteiger partial charge in [0, 0.05) is 6.20 Å². The summed E-state index contributed by atoms with van der Waals surface area (Å²) in [5, 5.41) is 0. The van der Waals surface area contributed by atoms with Gasteiger partial charge in [-0.15, -0.1) is 3.89 Å². The summed E-state index contributed by atoms with van der Waals surface area (Å²) < 4.78 is 60.4. The summed E-state index contributed by atoms with van der Waals surface area (Å²) in [5.74, 6) is -0.954. The molecule has 0 aliphatic carbocycles. The number of nitrogens with zero attached hydrogens (tertiary/aromatic N) is 1. The number of halogens is 3. The minimum atomic E-state index is -5.10. The number of hydrogen-bond donors (Lipinski definition) is 0. The van der Waals surface area contributed by atoms with Crippen LogP contribution in [0.5, 0.6) is 5.88 Å². The van der Waals surface area contributed by atoms with Crippen molar-refractivity contribution in [1.29, 1.82) is 0 Å². The Bertz CT molecular complexity index is 420. The van der Waals surface area contributed by atoms with E-state index in [1.807, 2.05) is 0 Å². The lowest BCUT2D eigenvalue weighted by Crippen LogP contribution is -2.07. The van der Waals surface area contributed by atoms with Crippen LogP contribution in [-0.2, 0) is 10.2 Å². The van der Waals surface area contributed by atoms with Crippen molar-refractivity contribution in [3.63, 3.8) is 0 Å². The molecule has 8 heteroatoms. The van der Waals surface area contributed by atoms with Crippen LogP contribution in [0.15, 0.2) is 23.2 Å². The molecule has 0 fully saturated rings. The first-order chi connectivity index (χ1) is 6.41. The van der Waals surface area contributed by atoms with Gasteiger partial charge in [0.15, 0.2) is 4.90 Å². The molecule has 0 radical (unpaired) electrons. The number of aromatic nitrogens is 1. The van der Waals surface area contributed by atoms with E-state index in [0.29, 0.717) is 0 Å². The maximum Gasteiger partial charge on any atom is 0.388 e. The lowest BCUT2D eigenvalue weighted by atomic mass is 10.5. The smallest absolute Gasteiger partial charge is 0.388 e. The molecule has 14 heavy (non-hydrogen) atoms. The zero-order valence-corrected chi connectivity index (χ0v) is 7.34. The molecule has 4 nitrogen and oxygen atoms in total. The van der Waals surface area contributed by atoms with Gasteiger partial charge < -0.3 is 4.74 Å². The summed E-state index contributed by atoms with van der Waals surface area (Å²) in [5.41, 5.74) is 0. The van der Waals surface area contributed by atoms with E-state index in [1.54, 1.807) is 0 Å². The van der Waals surface area contributed by atoms with Crippen LogP contribution in [0.25, 0.3) is 0 Å². The predicted octanol–water partition coefficient (Wildman–Crippen LogP) is 1.34. The molecule has 0 bridgehead atoms. The highest BCUT2D eigenvalue weighted by Crippen LogP contribution is 2.23. The quantitative estimate of drug-likeness (QED) is 0.731. The van der Waals surface area contributed by atoms with Crippen molar-refractivity contribution in [2.45, 2.75) is 11.5 Å². The third-order valence-corrected chi connectivity index (χ3v) is 2.04. The molecule has 1 heterocycles. The largest absolute Gasteiger partial charge is 0.415 e. The minimum Gasteiger partial charge on any atom is -0.415 e. The van der Waals surface area contributed by atoms with Crippen LogP contribution in [0.1, 0.15) is 0 Å². The highest BCUT2D eigenvalue weighted by atomic mass is 32.3. The Balaban J connectivity index is 3.17. The van der Waals surface area contributed by atoms with Crippen LogP contribution in [0.4, 0.5) is 12.7 Å². The summed E-state index contributed by atoms with van der Waals surface area (Å²) in [4.78, 5) is 2.15. The third kappa shape index (κ3) is 2.59. The van der Waals surface area contributed by atoms with Crippen LogP contribution < -0.4 is 4.74 Å². The van der Waals surface area contributed by atoms with E-state index in [-0.39, 0.29) is 0 Å². The zero-order chi connectivity index (χ0) is 10.8. The summed E-state index contributed by atoms with van der Waals surface area (Å²) in [7, 11) is -5.10. The molecule has 1 aromatic rings. The second-order valence-corrected chi connectivity index (χ2v) is 3.44. The van der Waals surface area contributed by atoms with Crippen molar-refractivity contribution in [3.05, 3.63) is 18.3 Å².